The molecule has 0 aliphatic rings. The summed E-state index contributed by atoms with van der Waals surface area (Å²) in [5.74, 6) is 0. The molecule has 0 fully saturated rings. The minimum absolute atomic E-state index is 0. The molecule has 0 nitrogen and oxygen atoms in total. The van der Waals surface area contributed by atoms with Gasteiger partial charge in [-0.25, -0.2) is 0 Å². The molecule has 0 atom stereocenters. The molecule has 0 spiro atoms. The third-order valence-electron chi connectivity index (χ3n) is 0.885. The molecule has 2 heteroatoms. The van der Waals surface area contributed by atoms with E-state index in [-0.39, 0.29) is 51.4 Å². The van der Waals surface area contributed by atoms with E-state index >= 15 is 0 Å². The molecule has 1 radical (unpaired) electrons. The number of hydrogen-bond acceptors (Lipinski definition) is 0. The third kappa shape index (κ3) is 3.05. The van der Waals surface area contributed by atoms with Gasteiger partial charge in [0, 0.05) is 0 Å². The molecule has 1 aromatic carbocycles. The van der Waals surface area contributed by atoms with Crippen LogP contribution in [0.25, 0.3) is 0 Å². The van der Waals surface area contributed by atoms with Crippen LogP contribution in [-0.4, -0.2) is 59.2 Å². The van der Waals surface area contributed by atoms with Crippen molar-refractivity contribution in [3.63, 3.8) is 0 Å². The molecule has 8 heavy (non-hydrogen) atoms. The molecule has 35 valence electrons. The Balaban J connectivity index is 0.000000490. The summed E-state index contributed by atoms with van der Waals surface area (Å²) >= 11 is 0. The van der Waals surface area contributed by atoms with E-state index in [0.717, 1.165) is 0 Å². The summed E-state index contributed by atoms with van der Waals surface area (Å²) in [4.78, 5) is 0. The van der Waals surface area contributed by atoms with E-state index in [1.165, 1.54) is 5.46 Å². The van der Waals surface area contributed by atoms with Crippen molar-refractivity contribution in [1.29, 1.82) is 0 Å². The van der Waals surface area contributed by atoms with Gasteiger partial charge in [0.05, 0.1) is 0 Å². The first-order valence-electron chi connectivity index (χ1n) is 2.32. The Hall–Kier alpha value is 0.921. The maximum absolute atomic E-state index is 2.93. The zero-order chi connectivity index (χ0) is 5.11. The van der Waals surface area contributed by atoms with Crippen LogP contribution in [-0.2, 0) is 0 Å². The van der Waals surface area contributed by atoms with Crippen LogP contribution in [0.4, 0.5) is 0 Å². The van der Waals surface area contributed by atoms with E-state index in [4.69, 9.17) is 0 Å². The Kier molecular flexibility index (Phi) is 5.32. The van der Waals surface area contributed by atoms with Crippen LogP contribution < -0.4 is 5.46 Å². The molecular weight excluding hydrogens is 122 g/mol. The summed E-state index contributed by atoms with van der Waals surface area (Å²) in [5, 5.41) is 0. The van der Waals surface area contributed by atoms with Crippen molar-refractivity contribution < 1.29 is 0 Å². The van der Waals surface area contributed by atoms with Crippen LogP contribution in [0.5, 0.6) is 0 Å². The normalized spacial score (nSPS) is 7.50. The van der Waals surface area contributed by atoms with Crippen molar-refractivity contribution in [2.24, 2.45) is 0 Å². The first-order valence-corrected chi connectivity index (χ1v) is 2.32. The Bertz CT molecular complexity index is 138. The fourth-order valence-corrected chi connectivity index (χ4v) is 0.470. The SMILES string of the molecule is Bc1cc[c]cc1.[KH]. The van der Waals surface area contributed by atoms with Crippen molar-refractivity contribution in [2.45, 2.75) is 0 Å². The van der Waals surface area contributed by atoms with Gasteiger partial charge in [0.25, 0.3) is 0 Å². The molecule has 0 unspecified atom stereocenters. The van der Waals surface area contributed by atoms with Crippen molar-refractivity contribution >= 4 is 64.7 Å². The van der Waals surface area contributed by atoms with Gasteiger partial charge >= 0.3 is 51.4 Å². The quantitative estimate of drug-likeness (QED) is 0.398. The van der Waals surface area contributed by atoms with E-state index in [9.17, 15) is 0 Å². The van der Waals surface area contributed by atoms with Crippen molar-refractivity contribution in [1.82, 2.24) is 0 Å². The van der Waals surface area contributed by atoms with Crippen molar-refractivity contribution in [3.8, 4) is 0 Å². The molecule has 0 bridgehead atoms. The third-order valence-corrected chi connectivity index (χ3v) is 0.885. The standard InChI is InChI=1S/C6H6B.K.H/c7-6-4-2-1-3-5-6;;/h2-5H,7H2;;. The first kappa shape index (κ1) is 8.92. The average molecular weight is 129 g/mol. The molecular formula is C6H7BK. The number of benzene rings is 1. The molecule has 0 heterocycles. The van der Waals surface area contributed by atoms with E-state index in [1.54, 1.807) is 0 Å². The van der Waals surface area contributed by atoms with Gasteiger partial charge in [-0.15, -0.1) is 0 Å². The second kappa shape index (κ2) is 4.77. The fraction of sp³-hybridized carbons (Fsp3) is 0. The predicted molar refractivity (Wildman–Crippen MR) is 40.6 cm³/mol. The van der Waals surface area contributed by atoms with Crippen LogP contribution >= 0.6 is 0 Å². The summed E-state index contributed by atoms with van der Waals surface area (Å²) in [6, 6.07) is 10.8. The van der Waals surface area contributed by atoms with Gasteiger partial charge in [-0.05, 0) is 6.07 Å². The van der Waals surface area contributed by atoms with Gasteiger partial charge in [0.2, 0.25) is 0 Å². The van der Waals surface area contributed by atoms with Gasteiger partial charge in [0.1, 0.15) is 7.85 Å². The average Bonchev–Trinajstić information content (AvgIpc) is 1.69. The summed E-state index contributed by atoms with van der Waals surface area (Å²) < 4.78 is 0. The minimum atomic E-state index is 0. The summed E-state index contributed by atoms with van der Waals surface area (Å²) in [6.45, 7) is 0. The second-order valence-corrected chi connectivity index (χ2v) is 1.58. The molecule has 0 amide bonds. The van der Waals surface area contributed by atoms with E-state index in [2.05, 4.69) is 13.9 Å². The number of rotatable bonds is 0. The number of hydrogen-bond donors (Lipinski definition) is 0. The van der Waals surface area contributed by atoms with Gasteiger partial charge in [-0.2, -0.15) is 0 Å². The van der Waals surface area contributed by atoms with Gasteiger partial charge in [-0.3, -0.25) is 0 Å². The molecule has 0 saturated heterocycles. The van der Waals surface area contributed by atoms with E-state index < -0.39 is 0 Å². The van der Waals surface area contributed by atoms with Crippen LogP contribution in [0.1, 0.15) is 0 Å². The monoisotopic (exact) mass is 129 g/mol. The van der Waals surface area contributed by atoms with Crippen LogP contribution in [0, 0.1) is 6.07 Å². The van der Waals surface area contributed by atoms with E-state index in [1.807, 2.05) is 24.3 Å². The maximum atomic E-state index is 2.93. The van der Waals surface area contributed by atoms with E-state index in [0.29, 0.717) is 0 Å². The Labute approximate surface area is 93.5 Å². The first-order chi connectivity index (χ1) is 3.39. The predicted octanol–water partition coefficient (Wildman–Crippen LogP) is -0.903. The van der Waals surface area contributed by atoms with Crippen molar-refractivity contribution in [2.75, 3.05) is 0 Å². The van der Waals surface area contributed by atoms with Gasteiger partial charge in [-0.1, -0.05) is 29.7 Å². The van der Waals surface area contributed by atoms with Crippen LogP contribution in [0.15, 0.2) is 24.3 Å². The summed E-state index contributed by atoms with van der Waals surface area (Å²) in [6.07, 6.45) is 0. The fourth-order valence-electron chi connectivity index (χ4n) is 0.470. The topological polar surface area (TPSA) is 0 Å². The second-order valence-electron chi connectivity index (χ2n) is 1.58. The van der Waals surface area contributed by atoms with Crippen molar-refractivity contribution in [3.05, 3.63) is 30.3 Å². The Morgan fingerprint density at radius 2 is 1.75 bits per heavy atom. The molecule has 1 aromatic rings. The molecule has 1 rings (SSSR count). The van der Waals surface area contributed by atoms with Crippen LogP contribution in [0.2, 0.25) is 0 Å². The Morgan fingerprint density at radius 3 is 2.00 bits per heavy atom. The zero-order valence-corrected chi connectivity index (χ0v) is 4.31. The van der Waals surface area contributed by atoms with Crippen LogP contribution in [0.3, 0.4) is 0 Å². The molecule has 0 aromatic heterocycles. The molecule has 0 aliphatic heterocycles. The molecule has 0 saturated carbocycles. The molecule has 0 N–H and O–H groups in total. The summed E-state index contributed by atoms with van der Waals surface area (Å²) in [7, 11) is 2.06. The zero-order valence-electron chi connectivity index (χ0n) is 4.31. The van der Waals surface area contributed by atoms with Gasteiger partial charge < -0.3 is 0 Å². The Morgan fingerprint density at radius 1 is 1.25 bits per heavy atom. The van der Waals surface area contributed by atoms with Gasteiger partial charge in [0.15, 0.2) is 0 Å². The molecule has 0 aliphatic carbocycles. The summed E-state index contributed by atoms with van der Waals surface area (Å²) in [5.41, 5.74) is 1.29.